The first-order valence-corrected chi connectivity index (χ1v) is 6.92. The highest BCUT2D eigenvalue weighted by atomic mass is 15.2. The molecule has 1 aliphatic heterocycles. The van der Waals surface area contributed by atoms with Crippen LogP contribution in [-0.2, 0) is 0 Å². The first kappa shape index (κ1) is 14.0. The van der Waals surface area contributed by atoms with Gasteiger partial charge in [-0.15, -0.1) is 0 Å². The van der Waals surface area contributed by atoms with Gasteiger partial charge in [0.2, 0.25) is 0 Å². The molecular formula is C14H30N2. The molecule has 0 amide bonds. The zero-order chi connectivity index (χ0) is 12.2. The minimum atomic E-state index is 0.322. The lowest BCUT2D eigenvalue weighted by atomic mass is 9.87. The Morgan fingerprint density at radius 3 is 2.25 bits per heavy atom. The number of likely N-dealkylation sites (tertiary alicyclic amines) is 1. The quantitative estimate of drug-likeness (QED) is 0.781. The van der Waals surface area contributed by atoms with E-state index in [2.05, 4.69) is 32.6 Å². The molecule has 2 heteroatoms. The summed E-state index contributed by atoms with van der Waals surface area (Å²) in [5.74, 6) is 0. The Hall–Kier alpha value is -0.0800. The Morgan fingerprint density at radius 2 is 1.75 bits per heavy atom. The molecule has 0 aromatic rings. The van der Waals surface area contributed by atoms with Gasteiger partial charge < -0.3 is 5.73 Å². The van der Waals surface area contributed by atoms with Crippen molar-refractivity contribution >= 4 is 0 Å². The molecule has 0 radical (unpaired) electrons. The lowest BCUT2D eigenvalue weighted by Crippen LogP contribution is -2.44. The second-order valence-electron chi connectivity index (χ2n) is 6.34. The summed E-state index contributed by atoms with van der Waals surface area (Å²) in [7, 11) is 0. The third-order valence-electron chi connectivity index (χ3n) is 4.20. The standard InChI is InChI=1S/C14H30N2/c1-12-7-5-8-13(2)16(12)10-6-9-14(3,4)11-15/h12-13H,5-11,15H2,1-4H3/t12-,13+. The maximum absolute atomic E-state index is 5.77. The van der Waals surface area contributed by atoms with Crippen molar-refractivity contribution in [3.05, 3.63) is 0 Å². The Morgan fingerprint density at radius 1 is 1.19 bits per heavy atom. The molecule has 0 unspecified atom stereocenters. The third-order valence-corrected chi connectivity index (χ3v) is 4.20. The lowest BCUT2D eigenvalue weighted by molar-refractivity contribution is 0.0971. The predicted molar refractivity (Wildman–Crippen MR) is 71.6 cm³/mol. The van der Waals surface area contributed by atoms with E-state index in [1.54, 1.807) is 0 Å². The van der Waals surface area contributed by atoms with Crippen LogP contribution in [0.25, 0.3) is 0 Å². The van der Waals surface area contributed by atoms with Crippen LogP contribution in [0.2, 0.25) is 0 Å². The van der Waals surface area contributed by atoms with E-state index in [1.165, 1.54) is 38.6 Å². The van der Waals surface area contributed by atoms with Crippen molar-refractivity contribution in [3.8, 4) is 0 Å². The topological polar surface area (TPSA) is 29.3 Å². The maximum Gasteiger partial charge on any atom is 0.00697 e. The molecule has 1 saturated heterocycles. The molecule has 0 bridgehead atoms. The van der Waals surface area contributed by atoms with Gasteiger partial charge in [-0.1, -0.05) is 20.3 Å². The summed E-state index contributed by atoms with van der Waals surface area (Å²) < 4.78 is 0. The molecule has 1 rings (SSSR count). The van der Waals surface area contributed by atoms with E-state index in [1.807, 2.05) is 0 Å². The van der Waals surface area contributed by atoms with E-state index >= 15 is 0 Å². The fourth-order valence-corrected chi connectivity index (χ4v) is 2.76. The van der Waals surface area contributed by atoms with Gasteiger partial charge in [0.15, 0.2) is 0 Å². The minimum absolute atomic E-state index is 0.322. The van der Waals surface area contributed by atoms with Gasteiger partial charge in [0, 0.05) is 12.1 Å². The van der Waals surface area contributed by atoms with Gasteiger partial charge in [0.1, 0.15) is 0 Å². The molecule has 2 atom stereocenters. The Bertz CT molecular complexity index is 191. The Kier molecular flexibility index (Phi) is 5.26. The molecule has 2 N–H and O–H groups in total. The Balaban J connectivity index is 2.30. The van der Waals surface area contributed by atoms with Gasteiger partial charge in [-0.05, 0) is 58.0 Å². The third kappa shape index (κ3) is 4.06. The molecular weight excluding hydrogens is 196 g/mol. The summed E-state index contributed by atoms with van der Waals surface area (Å²) in [6, 6.07) is 1.56. The summed E-state index contributed by atoms with van der Waals surface area (Å²) >= 11 is 0. The van der Waals surface area contributed by atoms with E-state index in [-0.39, 0.29) is 0 Å². The van der Waals surface area contributed by atoms with Crippen molar-refractivity contribution in [1.82, 2.24) is 4.90 Å². The molecule has 96 valence electrons. The number of nitrogens with two attached hydrogens (primary N) is 1. The number of hydrogen-bond acceptors (Lipinski definition) is 2. The number of hydrogen-bond donors (Lipinski definition) is 1. The highest BCUT2D eigenvalue weighted by Crippen LogP contribution is 2.25. The molecule has 1 fully saturated rings. The van der Waals surface area contributed by atoms with Gasteiger partial charge in [-0.25, -0.2) is 0 Å². The molecule has 0 aliphatic carbocycles. The fraction of sp³-hybridized carbons (Fsp3) is 1.00. The van der Waals surface area contributed by atoms with Gasteiger partial charge in [0.05, 0.1) is 0 Å². The van der Waals surface area contributed by atoms with Crippen molar-refractivity contribution in [2.45, 2.75) is 71.9 Å². The van der Waals surface area contributed by atoms with E-state index in [0.29, 0.717) is 5.41 Å². The van der Waals surface area contributed by atoms with Crippen LogP contribution < -0.4 is 5.73 Å². The highest BCUT2D eigenvalue weighted by molar-refractivity contribution is 4.80. The minimum Gasteiger partial charge on any atom is -0.330 e. The zero-order valence-corrected chi connectivity index (χ0v) is 11.6. The normalized spacial score (nSPS) is 28.3. The van der Waals surface area contributed by atoms with Gasteiger partial charge >= 0.3 is 0 Å². The van der Waals surface area contributed by atoms with Crippen LogP contribution in [0, 0.1) is 5.41 Å². The summed E-state index contributed by atoms with van der Waals surface area (Å²) in [6.45, 7) is 11.4. The van der Waals surface area contributed by atoms with Crippen LogP contribution in [0.15, 0.2) is 0 Å². The van der Waals surface area contributed by atoms with Crippen molar-refractivity contribution in [2.24, 2.45) is 11.1 Å². The highest BCUT2D eigenvalue weighted by Gasteiger charge is 2.24. The molecule has 0 aromatic carbocycles. The summed E-state index contributed by atoms with van der Waals surface area (Å²) in [4.78, 5) is 2.69. The maximum atomic E-state index is 5.77. The van der Waals surface area contributed by atoms with Crippen LogP contribution in [0.1, 0.15) is 59.8 Å². The molecule has 1 heterocycles. The largest absolute Gasteiger partial charge is 0.330 e. The van der Waals surface area contributed by atoms with E-state index < -0.39 is 0 Å². The van der Waals surface area contributed by atoms with Gasteiger partial charge in [-0.3, -0.25) is 4.90 Å². The average Bonchev–Trinajstić information content (AvgIpc) is 2.22. The Labute approximate surface area is 102 Å². The number of nitrogens with zero attached hydrogens (tertiary/aromatic N) is 1. The monoisotopic (exact) mass is 226 g/mol. The number of rotatable bonds is 5. The first-order chi connectivity index (χ1) is 7.46. The predicted octanol–water partition coefficient (Wildman–Crippen LogP) is 3.01. The van der Waals surface area contributed by atoms with Crippen molar-refractivity contribution < 1.29 is 0 Å². The van der Waals surface area contributed by atoms with Crippen molar-refractivity contribution in [1.29, 1.82) is 0 Å². The summed E-state index contributed by atoms with van der Waals surface area (Å²) in [5, 5.41) is 0. The SMILES string of the molecule is C[C@@H]1CCC[C@H](C)N1CCCC(C)(C)CN. The lowest BCUT2D eigenvalue weighted by Gasteiger charge is -2.39. The smallest absolute Gasteiger partial charge is 0.00697 e. The zero-order valence-electron chi connectivity index (χ0n) is 11.6. The van der Waals surface area contributed by atoms with Crippen LogP contribution >= 0.6 is 0 Å². The summed E-state index contributed by atoms with van der Waals surface area (Å²) in [6.07, 6.45) is 6.71. The molecule has 0 spiro atoms. The van der Waals surface area contributed by atoms with Crippen LogP contribution in [0.5, 0.6) is 0 Å². The average molecular weight is 226 g/mol. The summed E-state index contributed by atoms with van der Waals surface area (Å²) in [5.41, 5.74) is 6.09. The first-order valence-electron chi connectivity index (χ1n) is 6.92. The second kappa shape index (κ2) is 6.02. The van der Waals surface area contributed by atoms with E-state index in [9.17, 15) is 0 Å². The van der Waals surface area contributed by atoms with E-state index in [4.69, 9.17) is 5.73 Å². The molecule has 16 heavy (non-hydrogen) atoms. The van der Waals surface area contributed by atoms with Crippen LogP contribution in [-0.4, -0.2) is 30.1 Å². The fourth-order valence-electron chi connectivity index (χ4n) is 2.76. The van der Waals surface area contributed by atoms with Crippen molar-refractivity contribution in [2.75, 3.05) is 13.1 Å². The van der Waals surface area contributed by atoms with Crippen molar-refractivity contribution in [3.63, 3.8) is 0 Å². The molecule has 2 nitrogen and oxygen atoms in total. The van der Waals surface area contributed by atoms with Gasteiger partial charge in [-0.2, -0.15) is 0 Å². The molecule has 0 saturated carbocycles. The molecule has 0 aromatic heterocycles. The number of piperidine rings is 1. The second-order valence-corrected chi connectivity index (χ2v) is 6.34. The van der Waals surface area contributed by atoms with Crippen LogP contribution in [0.4, 0.5) is 0 Å². The van der Waals surface area contributed by atoms with Crippen LogP contribution in [0.3, 0.4) is 0 Å². The molecule has 1 aliphatic rings. The van der Waals surface area contributed by atoms with E-state index in [0.717, 1.165) is 18.6 Å². The van der Waals surface area contributed by atoms with Gasteiger partial charge in [0.25, 0.3) is 0 Å².